The van der Waals surface area contributed by atoms with Crippen LogP contribution in [0.4, 0.5) is 13.2 Å². The van der Waals surface area contributed by atoms with E-state index in [1.54, 1.807) is 7.05 Å². The fraction of sp³-hybridized carbons (Fsp3) is 0.533. The minimum atomic E-state index is -4.35. The predicted octanol–water partition coefficient (Wildman–Crippen LogP) is 3.04. The van der Waals surface area contributed by atoms with Gasteiger partial charge < -0.3 is 10.6 Å². The lowest BCUT2D eigenvalue weighted by molar-refractivity contribution is -0.137. The first-order valence-corrected chi connectivity index (χ1v) is 6.83. The number of benzene rings is 1. The second-order valence-electron chi connectivity index (χ2n) is 5.30. The van der Waals surface area contributed by atoms with Gasteiger partial charge in [-0.05, 0) is 23.6 Å². The molecule has 1 unspecified atom stereocenters. The SMILES string of the molecule is CCC(C)[C@H](N)C(=O)N(C)Cc1ccc(C(F)(F)F)cc1. The molecule has 0 radical (unpaired) electrons. The lowest BCUT2D eigenvalue weighted by atomic mass is 9.99. The number of nitrogens with zero attached hydrogens (tertiary/aromatic N) is 1. The summed E-state index contributed by atoms with van der Waals surface area (Å²) in [6.07, 6.45) is -3.56. The highest BCUT2D eigenvalue weighted by atomic mass is 19.4. The maximum Gasteiger partial charge on any atom is 0.416 e. The Labute approximate surface area is 122 Å². The van der Waals surface area contributed by atoms with Gasteiger partial charge in [0.05, 0.1) is 11.6 Å². The Bertz CT molecular complexity index is 471. The van der Waals surface area contributed by atoms with Gasteiger partial charge in [-0.3, -0.25) is 4.79 Å². The number of nitrogens with two attached hydrogens (primary N) is 1. The van der Waals surface area contributed by atoms with E-state index in [-0.39, 0.29) is 18.4 Å². The summed E-state index contributed by atoms with van der Waals surface area (Å²) >= 11 is 0. The van der Waals surface area contributed by atoms with Crippen molar-refractivity contribution in [2.45, 2.75) is 39.0 Å². The van der Waals surface area contributed by atoms with E-state index >= 15 is 0 Å². The zero-order valence-corrected chi connectivity index (χ0v) is 12.4. The molecule has 0 saturated carbocycles. The maximum atomic E-state index is 12.5. The summed E-state index contributed by atoms with van der Waals surface area (Å²) in [5, 5.41) is 0. The van der Waals surface area contributed by atoms with Crippen molar-refractivity contribution in [2.24, 2.45) is 11.7 Å². The molecule has 0 aliphatic heterocycles. The van der Waals surface area contributed by atoms with Crippen molar-refractivity contribution in [3.8, 4) is 0 Å². The fourth-order valence-electron chi connectivity index (χ4n) is 1.90. The number of carbonyl (C=O) groups excluding carboxylic acids is 1. The van der Waals surface area contributed by atoms with Gasteiger partial charge in [0.2, 0.25) is 5.91 Å². The smallest absolute Gasteiger partial charge is 0.340 e. The zero-order chi connectivity index (χ0) is 16.2. The van der Waals surface area contributed by atoms with Gasteiger partial charge in [-0.25, -0.2) is 0 Å². The second-order valence-corrected chi connectivity index (χ2v) is 5.30. The normalized spacial score (nSPS) is 14.6. The van der Waals surface area contributed by atoms with Crippen molar-refractivity contribution in [3.05, 3.63) is 35.4 Å². The Morgan fingerprint density at radius 2 is 1.81 bits per heavy atom. The maximum absolute atomic E-state index is 12.5. The molecule has 3 nitrogen and oxygen atoms in total. The summed E-state index contributed by atoms with van der Waals surface area (Å²) in [7, 11) is 1.60. The molecular weight excluding hydrogens is 281 g/mol. The van der Waals surface area contributed by atoms with Crippen LogP contribution in [0.15, 0.2) is 24.3 Å². The molecule has 2 atom stereocenters. The van der Waals surface area contributed by atoms with Crippen molar-refractivity contribution in [1.29, 1.82) is 0 Å². The highest BCUT2D eigenvalue weighted by molar-refractivity contribution is 5.81. The number of rotatable bonds is 5. The van der Waals surface area contributed by atoms with E-state index in [0.29, 0.717) is 5.56 Å². The van der Waals surface area contributed by atoms with Crippen molar-refractivity contribution < 1.29 is 18.0 Å². The van der Waals surface area contributed by atoms with E-state index in [0.717, 1.165) is 18.6 Å². The van der Waals surface area contributed by atoms with Gasteiger partial charge >= 0.3 is 6.18 Å². The van der Waals surface area contributed by atoms with E-state index in [1.165, 1.54) is 17.0 Å². The quantitative estimate of drug-likeness (QED) is 0.908. The van der Waals surface area contributed by atoms with Crippen molar-refractivity contribution in [2.75, 3.05) is 7.05 Å². The summed E-state index contributed by atoms with van der Waals surface area (Å²) < 4.78 is 37.4. The number of hydrogen-bond donors (Lipinski definition) is 1. The molecule has 0 aliphatic carbocycles. The molecule has 21 heavy (non-hydrogen) atoms. The minimum Gasteiger partial charge on any atom is -0.340 e. The third-order valence-electron chi connectivity index (χ3n) is 3.62. The number of likely N-dealkylation sites (N-methyl/N-ethyl adjacent to an activating group) is 1. The fourth-order valence-corrected chi connectivity index (χ4v) is 1.90. The Morgan fingerprint density at radius 1 is 1.29 bits per heavy atom. The number of halogens is 3. The zero-order valence-electron chi connectivity index (χ0n) is 12.4. The van der Waals surface area contributed by atoms with Crippen LogP contribution in [0.25, 0.3) is 0 Å². The third-order valence-corrected chi connectivity index (χ3v) is 3.62. The minimum absolute atomic E-state index is 0.0626. The molecule has 1 rings (SSSR count). The molecule has 6 heteroatoms. The van der Waals surface area contributed by atoms with Gasteiger partial charge in [-0.1, -0.05) is 32.4 Å². The van der Waals surface area contributed by atoms with Crippen LogP contribution < -0.4 is 5.73 Å². The van der Waals surface area contributed by atoms with Gasteiger partial charge in [-0.15, -0.1) is 0 Å². The second kappa shape index (κ2) is 6.93. The average Bonchev–Trinajstić information content (AvgIpc) is 2.44. The largest absolute Gasteiger partial charge is 0.416 e. The van der Waals surface area contributed by atoms with Crippen LogP contribution in [0.3, 0.4) is 0 Å². The van der Waals surface area contributed by atoms with E-state index < -0.39 is 17.8 Å². The molecule has 0 aliphatic rings. The van der Waals surface area contributed by atoms with Crippen LogP contribution in [0.5, 0.6) is 0 Å². The topological polar surface area (TPSA) is 46.3 Å². The monoisotopic (exact) mass is 302 g/mol. The van der Waals surface area contributed by atoms with E-state index in [1.807, 2.05) is 13.8 Å². The molecule has 118 valence electrons. The van der Waals surface area contributed by atoms with Crippen LogP contribution in [0.2, 0.25) is 0 Å². The molecule has 0 saturated heterocycles. The van der Waals surface area contributed by atoms with Gasteiger partial charge in [0.15, 0.2) is 0 Å². The van der Waals surface area contributed by atoms with Crippen molar-refractivity contribution in [3.63, 3.8) is 0 Å². The predicted molar refractivity (Wildman–Crippen MR) is 75.3 cm³/mol. The molecular formula is C15H21F3N2O. The van der Waals surface area contributed by atoms with Gasteiger partial charge in [-0.2, -0.15) is 13.2 Å². The highest BCUT2D eigenvalue weighted by Gasteiger charge is 2.30. The molecule has 0 heterocycles. The molecule has 1 aromatic carbocycles. The molecule has 0 fully saturated rings. The molecule has 1 amide bonds. The summed E-state index contributed by atoms with van der Waals surface area (Å²) in [6.45, 7) is 4.09. The number of amides is 1. The molecule has 0 bridgehead atoms. The van der Waals surface area contributed by atoms with Gasteiger partial charge in [0, 0.05) is 13.6 Å². The lowest BCUT2D eigenvalue weighted by Gasteiger charge is -2.24. The standard InChI is InChI=1S/C15H21F3N2O/c1-4-10(2)13(19)14(21)20(3)9-11-5-7-12(8-6-11)15(16,17)18/h5-8,10,13H,4,9,19H2,1-3H3/t10?,13-/m0/s1. The number of hydrogen-bond acceptors (Lipinski definition) is 2. The van der Waals surface area contributed by atoms with Gasteiger partial charge in [0.1, 0.15) is 0 Å². The number of alkyl halides is 3. The Kier molecular flexibility index (Phi) is 5.78. The first-order chi connectivity index (χ1) is 9.66. The first-order valence-electron chi connectivity index (χ1n) is 6.83. The van der Waals surface area contributed by atoms with Crippen LogP contribution in [-0.2, 0) is 17.5 Å². The van der Waals surface area contributed by atoms with E-state index in [4.69, 9.17) is 5.73 Å². The highest BCUT2D eigenvalue weighted by Crippen LogP contribution is 2.29. The lowest BCUT2D eigenvalue weighted by Crippen LogP contribution is -2.45. The van der Waals surface area contributed by atoms with E-state index in [9.17, 15) is 18.0 Å². The van der Waals surface area contributed by atoms with Gasteiger partial charge in [0.25, 0.3) is 0 Å². The van der Waals surface area contributed by atoms with Crippen molar-refractivity contribution in [1.82, 2.24) is 4.90 Å². The van der Waals surface area contributed by atoms with Crippen molar-refractivity contribution >= 4 is 5.91 Å². The number of carbonyl (C=O) groups is 1. The molecule has 2 N–H and O–H groups in total. The Balaban J connectivity index is 2.71. The van der Waals surface area contributed by atoms with Crippen LogP contribution in [-0.4, -0.2) is 23.9 Å². The average molecular weight is 302 g/mol. The Hall–Kier alpha value is -1.56. The summed E-state index contributed by atoms with van der Waals surface area (Å²) in [5.74, 6) is -0.142. The third kappa shape index (κ3) is 4.74. The Morgan fingerprint density at radius 3 is 2.24 bits per heavy atom. The van der Waals surface area contributed by atoms with Crippen LogP contribution in [0.1, 0.15) is 31.4 Å². The van der Waals surface area contributed by atoms with Crippen LogP contribution in [0, 0.1) is 5.92 Å². The van der Waals surface area contributed by atoms with E-state index in [2.05, 4.69) is 0 Å². The summed E-state index contributed by atoms with van der Waals surface area (Å²) in [6, 6.07) is 4.20. The molecule has 0 spiro atoms. The van der Waals surface area contributed by atoms with Crippen LogP contribution >= 0.6 is 0 Å². The summed E-state index contributed by atoms with van der Waals surface area (Å²) in [5.41, 5.74) is 5.80. The molecule has 0 aromatic heterocycles. The first kappa shape index (κ1) is 17.5. The summed E-state index contributed by atoms with van der Waals surface area (Å²) in [4.78, 5) is 13.5. The molecule has 1 aromatic rings.